The first-order valence-corrected chi connectivity index (χ1v) is 9.75. The highest BCUT2D eigenvalue weighted by molar-refractivity contribution is 6.36. The van der Waals surface area contributed by atoms with Crippen LogP contribution in [0.3, 0.4) is 0 Å². The molecule has 0 radical (unpaired) electrons. The smallest absolute Gasteiger partial charge is 0.179 e. The Morgan fingerprint density at radius 1 is 1.13 bits per heavy atom. The third-order valence-electron chi connectivity index (χ3n) is 4.95. The molecule has 5 rings (SSSR count). The summed E-state index contributed by atoms with van der Waals surface area (Å²) in [5.41, 5.74) is 4.38. The molecule has 0 bridgehead atoms. The van der Waals surface area contributed by atoms with Gasteiger partial charge in [0.25, 0.3) is 0 Å². The molecule has 0 saturated carbocycles. The summed E-state index contributed by atoms with van der Waals surface area (Å²) in [5, 5.41) is 8.32. The first-order valence-electron chi connectivity index (χ1n) is 9.37. The van der Waals surface area contributed by atoms with Gasteiger partial charge in [0.05, 0.1) is 16.2 Å². The minimum absolute atomic E-state index is 0.496. The Balaban J connectivity index is 1.53. The van der Waals surface area contributed by atoms with Crippen molar-refractivity contribution in [2.45, 2.75) is 0 Å². The molecule has 7 nitrogen and oxygen atoms in total. The van der Waals surface area contributed by atoms with Gasteiger partial charge in [0.2, 0.25) is 0 Å². The van der Waals surface area contributed by atoms with Crippen molar-refractivity contribution in [3.8, 4) is 22.6 Å². The molecule has 0 aliphatic carbocycles. The number of aryl methyl sites for hydroxylation is 1. The van der Waals surface area contributed by atoms with Crippen LogP contribution >= 0.6 is 11.6 Å². The predicted molar refractivity (Wildman–Crippen MR) is 115 cm³/mol. The molecule has 0 amide bonds. The molecule has 1 aliphatic heterocycles. The molecule has 2 aromatic heterocycles. The second kappa shape index (κ2) is 7.35. The Labute approximate surface area is 177 Å². The summed E-state index contributed by atoms with van der Waals surface area (Å²) < 4.78 is 13.0. The van der Waals surface area contributed by atoms with Crippen molar-refractivity contribution < 1.29 is 14.3 Å². The number of carbonyl (C=O) groups is 1. The van der Waals surface area contributed by atoms with Crippen LogP contribution < -0.4 is 14.8 Å². The van der Waals surface area contributed by atoms with Crippen molar-refractivity contribution in [2.24, 2.45) is 7.05 Å². The van der Waals surface area contributed by atoms with Gasteiger partial charge in [0.1, 0.15) is 18.7 Å². The van der Waals surface area contributed by atoms with Gasteiger partial charge in [-0.2, -0.15) is 5.10 Å². The maximum absolute atomic E-state index is 11.0. The van der Waals surface area contributed by atoms with Gasteiger partial charge in [0, 0.05) is 24.4 Å². The molecule has 1 aliphatic rings. The second-order valence-electron chi connectivity index (χ2n) is 6.88. The number of nitrogens with zero attached hydrogens (tertiary/aromatic N) is 3. The summed E-state index contributed by atoms with van der Waals surface area (Å²) in [6.07, 6.45) is 2.29. The summed E-state index contributed by atoms with van der Waals surface area (Å²) in [7, 11) is 1.80. The normalized spacial score (nSPS) is 12.7. The van der Waals surface area contributed by atoms with E-state index < -0.39 is 0 Å². The molecule has 150 valence electrons. The summed E-state index contributed by atoms with van der Waals surface area (Å²) in [6, 6.07) is 13.3. The van der Waals surface area contributed by atoms with Crippen molar-refractivity contribution in [3.05, 3.63) is 59.2 Å². The number of hydrogen-bond acceptors (Lipinski definition) is 6. The highest BCUT2D eigenvalue weighted by Crippen LogP contribution is 2.40. The van der Waals surface area contributed by atoms with Crippen LogP contribution in [-0.2, 0) is 7.05 Å². The standard InChI is InChI=1S/C22H17ClN4O3/c1-27-17-9-13(12-28)11-24-21(17)22(26-27)25-16-4-2-3-15(20(16)23)14-5-6-18-19(10-14)30-8-7-29-18/h2-6,9-12H,7-8H2,1H3,(H,25,26). The van der Waals surface area contributed by atoms with E-state index in [4.69, 9.17) is 21.1 Å². The fourth-order valence-electron chi connectivity index (χ4n) is 3.49. The number of carbonyl (C=O) groups excluding carboxylic acids is 1. The first kappa shape index (κ1) is 18.4. The van der Waals surface area contributed by atoms with E-state index in [1.54, 1.807) is 17.8 Å². The lowest BCUT2D eigenvalue weighted by atomic mass is 10.0. The average Bonchev–Trinajstić information content (AvgIpc) is 3.09. The minimum Gasteiger partial charge on any atom is -0.486 e. The molecule has 1 N–H and O–H groups in total. The molecule has 30 heavy (non-hydrogen) atoms. The number of benzene rings is 2. The zero-order valence-corrected chi connectivity index (χ0v) is 16.8. The van der Waals surface area contributed by atoms with E-state index in [1.165, 1.54) is 6.20 Å². The molecule has 0 unspecified atom stereocenters. The zero-order valence-electron chi connectivity index (χ0n) is 16.1. The maximum atomic E-state index is 11.0. The first-order chi connectivity index (χ1) is 14.6. The lowest BCUT2D eigenvalue weighted by molar-refractivity contribution is 0.112. The lowest BCUT2D eigenvalue weighted by Crippen LogP contribution is -2.15. The molecule has 0 fully saturated rings. The third kappa shape index (κ3) is 3.13. The van der Waals surface area contributed by atoms with E-state index in [2.05, 4.69) is 15.4 Å². The number of halogens is 1. The van der Waals surface area contributed by atoms with Gasteiger partial charge in [-0.05, 0) is 29.8 Å². The second-order valence-corrected chi connectivity index (χ2v) is 7.25. The van der Waals surface area contributed by atoms with Gasteiger partial charge in [0.15, 0.2) is 23.6 Å². The highest BCUT2D eigenvalue weighted by atomic mass is 35.5. The van der Waals surface area contributed by atoms with E-state index in [0.717, 1.165) is 28.7 Å². The van der Waals surface area contributed by atoms with E-state index in [0.29, 0.717) is 46.6 Å². The van der Waals surface area contributed by atoms with Gasteiger partial charge < -0.3 is 14.8 Å². The summed E-state index contributed by atoms with van der Waals surface area (Å²) in [6.45, 7) is 1.07. The topological polar surface area (TPSA) is 78.3 Å². The fraction of sp³-hybridized carbons (Fsp3) is 0.136. The van der Waals surface area contributed by atoms with Crippen LogP contribution in [0.5, 0.6) is 11.5 Å². The monoisotopic (exact) mass is 420 g/mol. The van der Waals surface area contributed by atoms with Crippen LogP contribution in [0.4, 0.5) is 11.5 Å². The van der Waals surface area contributed by atoms with Crippen LogP contribution in [-0.4, -0.2) is 34.3 Å². The molecule has 0 atom stereocenters. The average molecular weight is 421 g/mol. The zero-order chi connectivity index (χ0) is 20.7. The number of aldehydes is 1. The number of pyridine rings is 1. The number of ether oxygens (including phenoxy) is 2. The van der Waals surface area contributed by atoms with Crippen molar-refractivity contribution in [3.63, 3.8) is 0 Å². The molecule has 3 heterocycles. The quantitative estimate of drug-likeness (QED) is 0.485. The number of fused-ring (bicyclic) bond motifs is 2. The van der Waals surface area contributed by atoms with Gasteiger partial charge >= 0.3 is 0 Å². The summed E-state index contributed by atoms with van der Waals surface area (Å²) >= 11 is 6.75. The van der Waals surface area contributed by atoms with Crippen LogP contribution in [0.2, 0.25) is 5.02 Å². The largest absolute Gasteiger partial charge is 0.486 e. The predicted octanol–water partition coefficient (Wildman–Crippen LogP) is 4.62. The number of anilines is 2. The van der Waals surface area contributed by atoms with Crippen molar-refractivity contribution in [1.29, 1.82) is 0 Å². The van der Waals surface area contributed by atoms with Crippen molar-refractivity contribution >= 4 is 40.4 Å². The highest BCUT2D eigenvalue weighted by Gasteiger charge is 2.17. The SMILES string of the molecule is Cn1nc(Nc2cccc(-c3ccc4c(c3)OCCO4)c2Cl)c2ncc(C=O)cc21. The Bertz CT molecular complexity index is 1290. The molecular formula is C22H17ClN4O3. The number of aromatic nitrogens is 3. The van der Waals surface area contributed by atoms with Crippen LogP contribution in [0.25, 0.3) is 22.2 Å². The Morgan fingerprint density at radius 2 is 1.97 bits per heavy atom. The van der Waals surface area contributed by atoms with E-state index >= 15 is 0 Å². The van der Waals surface area contributed by atoms with Crippen LogP contribution in [0, 0.1) is 0 Å². The van der Waals surface area contributed by atoms with Gasteiger partial charge in [-0.3, -0.25) is 9.48 Å². The maximum Gasteiger partial charge on any atom is 0.179 e. The molecular weight excluding hydrogens is 404 g/mol. The van der Waals surface area contributed by atoms with Gasteiger partial charge in [-0.25, -0.2) is 4.98 Å². The fourth-order valence-corrected chi connectivity index (χ4v) is 3.77. The molecule has 8 heteroatoms. The Hall–Kier alpha value is -3.58. The minimum atomic E-state index is 0.496. The van der Waals surface area contributed by atoms with Gasteiger partial charge in [-0.1, -0.05) is 29.8 Å². The molecule has 4 aromatic rings. The summed E-state index contributed by atoms with van der Waals surface area (Å²) in [4.78, 5) is 15.4. The Morgan fingerprint density at radius 3 is 2.80 bits per heavy atom. The number of hydrogen-bond donors (Lipinski definition) is 1. The van der Waals surface area contributed by atoms with E-state index in [1.807, 2.05) is 36.4 Å². The molecule has 2 aromatic carbocycles. The van der Waals surface area contributed by atoms with E-state index in [-0.39, 0.29) is 0 Å². The number of nitrogens with one attached hydrogen (secondary N) is 1. The Kier molecular flexibility index (Phi) is 4.52. The third-order valence-corrected chi connectivity index (χ3v) is 5.36. The lowest BCUT2D eigenvalue weighted by Gasteiger charge is -2.19. The summed E-state index contributed by atoms with van der Waals surface area (Å²) in [5.74, 6) is 2.00. The van der Waals surface area contributed by atoms with Crippen LogP contribution in [0.1, 0.15) is 10.4 Å². The van der Waals surface area contributed by atoms with Crippen molar-refractivity contribution in [2.75, 3.05) is 18.5 Å². The molecule has 0 spiro atoms. The van der Waals surface area contributed by atoms with Gasteiger partial charge in [-0.15, -0.1) is 0 Å². The molecule has 0 saturated heterocycles. The number of rotatable bonds is 4. The van der Waals surface area contributed by atoms with E-state index in [9.17, 15) is 4.79 Å². The van der Waals surface area contributed by atoms with Crippen molar-refractivity contribution in [1.82, 2.24) is 14.8 Å². The van der Waals surface area contributed by atoms with Crippen LogP contribution in [0.15, 0.2) is 48.7 Å².